The van der Waals surface area contributed by atoms with Crippen molar-refractivity contribution < 1.29 is 29.3 Å². The number of carboxylic acid groups (broad SMARTS) is 1. The van der Waals surface area contributed by atoms with E-state index >= 15 is 0 Å². The van der Waals surface area contributed by atoms with Crippen molar-refractivity contribution in [2.24, 2.45) is 7.05 Å². The predicted molar refractivity (Wildman–Crippen MR) is 177 cm³/mol. The minimum atomic E-state index is -0.779. The van der Waals surface area contributed by atoms with E-state index in [0.29, 0.717) is 36.7 Å². The zero-order valence-corrected chi connectivity index (χ0v) is 27.3. The Morgan fingerprint density at radius 3 is 2.38 bits per heavy atom. The number of tetrazole rings is 1. The molecule has 1 aliphatic heterocycles. The molecule has 1 aliphatic rings. The van der Waals surface area contributed by atoms with Crippen molar-refractivity contribution in [3.8, 4) is 11.1 Å². The van der Waals surface area contributed by atoms with E-state index in [1.54, 1.807) is 16.4 Å². The van der Waals surface area contributed by atoms with Crippen LogP contribution in [0.3, 0.4) is 0 Å². The standard InChI is InChI=1S/C35H41N5O6S/c1-40-35(37-38-39-40)47-23-30-20-31(26-16-14-24(22-41)15-17-26)46-34(45-30)29-11-7-10-28(19-29)27-9-6-8-25(18-27)21-36-32(42)12-4-2-3-5-13-33(43)44/h6-11,14-19,30-31,34,41H,2-5,12-13,20-23H2,1H3,(H,36,42)(H,43,44)/t30-,31+,34+/m1/s1. The Hall–Kier alpha value is -4.10. The van der Waals surface area contributed by atoms with Gasteiger partial charge in [-0.25, -0.2) is 4.68 Å². The monoisotopic (exact) mass is 659 g/mol. The van der Waals surface area contributed by atoms with E-state index in [4.69, 9.17) is 14.6 Å². The van der Waals surface area contributed by atoms with E-state index in [-0.39, 0.29) is 31.1 Å². The van der Waals surface area contributed by atoms with Crippen LogP contribution in [0.4, 0.5) is 0 Å². The van der Waals surface area contributed by atoms with E-state index in [1.807, 2.05) is 67.7 Å². The van der Waals surface area contributed by atoms with Gasteiger partial charge in [-0.15, -0.1) is 5.10 Å². The zero-order chi connectivity index (χ0) is 33.0. The third-order valence-corrected chi connectivity index (χ3v) is 9.19. The second-order valence-electron chi connectivity index (χ2n) is 11.7. The van der Waals surface area contributed by atoms with Crippen molar-refractivity contribution >= 4 is 23.6 Å². The number of nitrogens with zero attached hydrogens (tertiary/aromatic N) is 4. The highest BCUT2D eigenvalue weighted by Gasteiger charge is 2.32. The number of nitrogens with one attached hydrogen (secondary N) is 1. The van der Waals surface area contributed by atoms with Gasteiger partial charge < -0.3 is 25.0 Å². The molecule has 5 rings (SSSR count). The highest BCUT2D eigenvalue weighted by atomic mass is 32.2. The number of carbonyl (C=O) groups is 2. The van der Waals surface area contributed by atoms with Crippen LogP contribution in [0, 0.1) is 0 Å². The summed E-state index contributed by atoms with van der Waals surface area (Å²) in [4.78, 5) is 23.0. The van der Waals surface area contributed by atoms with Crippen LogP contribution >= 0.6 is 11.8 Å². The normalized spacial score (nSPS) is 17.8. The lowest BCUT2D eigenvalue weighted by Crippen LogP contribution is -2.31. The molecule has 0 radical (unpaired) electrons. The van der Waals surface area contributed by atoms with Crippen LogP contribution in [0.15, 0.2) is 78.0 Å². The fourth-order valence-corrected chi connectivity index (χ4v) is 6.33. The number of aliphatic hydroxyl groups excluding tert-OH is 1. The highest BCUT2D eigenvalue weighted by Crippen LogP contribution is 2.40. The van der Waals surface area contributed by atoms with Gasteiger partial charge in [0.1, 0.15) is 0 Å². The van der Waals surface area contributed by atoms with Crippen molar-refractivity contribution in [1.82, 2.24) is 25.5 Å². The fraction of sp³-hybridized carbons (Fsp3) is 0.400. The summed E-state index contributed by atoms with van der Waals surface area (Å²) in [5.74, 6) is -0.137. The number of ether oxygens (including phenoxy) is 2. The Labute approximate surface area is 278 Å². The Bertz CT molecular complexity index is 1610. The number of aryl methyl sites for hydroxylation is 1. The average Bonchev–Trinajstić information content (AvgIpc) is 3.52. The lowest BCUT2D eigenvalue weighted by atomic mass is 9.99. The Kier molecular flexibility index (Phi) is 12.5. The molecular weight excluding hydrogens is 618 g/mol. The van der Waals surface area contributed by atoms with Crippen LogP contribution in [0.1, 0.15) is 79.6 Å². The number of benzene rings is 3. The Morgan fingerprint density at radius 2 is 1.66 bits per heavy atom. The summed E-state index contributed by atoms with van der Waals surface area (Å²) in [6.07, 6.45) is 3.38. The van der Waals surface area contributed by atoms with Gasteiger partial charge in [0.25, 0.3) is 0 Å². The van der Waals surface area contributed by atoms with Crippen LogP contribution in [-0.4, -0.2) is 54.2 Å². The number of aliphatic carboxylic acids is 1. The summed E-state index contributed by atoms with van der Waals surface area (Å²) >= 11 is 1.54. The quantitative estimate of drug-likeness (QED) is 0.100. The smallest absolute Gasteiger partial charge is 0.303 e. The molecule has 0 unspecified atom stereocenters. The molecule has 248 valence electrons. The van der Waals surface area contributed by atoms with Crippen LogP contribution in [0.5, 0.6) is 0 Å². The number of amides is 1. The van der Waals surface area contributed by atoms with Gasteiger partial charge >= 0.3 is 5.97 Å². The number of unbranched alkanes of at least 4 members (excludes halogenated alkanes) is 3. The molecule has 11 nitrogen and oxygen atoms in total. The largest absolute Gasteiger partial charge is 0.481 e. The maximum atomic E-state index is 12.4. The highest BCUT2D eigenvalue weighted by molar-refractivity contribution is 7.99. The number of hydrogen-bond donors (Lipinski definition) is 3. The van der Waals surface area contributed by atoms with Gasteiger partial charge in [-0.2, -0.15) is 0 Å². The summed E-state index contributed by atoms with van der Waals surface area (Å²) in [7, 11) is 1.81. The number of hydrogen-bond acceptors (Lipinski definition) is 9. The predicted octanol–water partition coefficient (Wildman–Crippen LogP) is 5.75. The zero-order valence-electron chi connectivity index (χ0n) is 26.5. The van der Waals surface area contributed by atoms with Gasteiger partial charge in [0, 0.05) is 44.2 Å². The molecule has 3 aromatic carbocycles. The average molecular weight is 660 g/mol. The van der Waals surface area contributed by atoms with Crippen LogP contribution in [0.2, 0.25) is 0 Å². The van der Waals surface area contributed by atoms with Gasteiger partial charge in [-0.3, -0.25) is 9.59 Å². The molecule has 3 atom stereocenters. The molecule has 47 heavy (non-hydrogen) atoms. The summed E-state index contributed by atoms with van der Waals surface area (Å²) in [5, 5.41) is 33.7. The van der Waals surface area contributed by atoms with Crippen molar-refractivity contribution in [3.05, 3.63) is 95.1 Å². The number of carbonyl (C=O) groups excluding carboxylic acids is 1. The van der Waals surface area contributed by atoms with E-state index in [1.165, 1.54) is 0 Å². The Balaban J connectivity index is 1.24. The summed E-state index contributed by atoms with van der Waals surface area (Å²) < 4.78 is 14.7. The maximum Gasteiger partial charge on any atom is 0.303 e. The third-order valence-electron chi connectivity index (χ3n) is 8.05. The number of aromatic nitrogens is 4. The molecule has 1 aromatic heterocycles. The molecule has 4 aromatic rings. The molecule has 0 saturated carbocycles. The first-order valence-corrected chi connectivity index (χ1v) is 16.9. The molecule has 1 saturated heterocycles. The van der Waals surface area contributed by atoms with E-state index < -0.39 is 12.3 Å². The fourth-order valence-electron chi connectivity index (χ4n) is 5.46. The van der Waals surface area contributed by atoms with Crippen LogP contribution in [0.25, 0.3) is 11.1 Å². The first kappa shape index (κ1) is 34.2. The van der Waals surface area contributed by atoms with E-state index in [2.05, 4.69) is 33.0 Å². The number of carboxylic acids is 1. The summed E-state index contributed by atoms with van der Waals surface area (Å²) in [6.45, 7) is 0.415. The van der Waals surface area contributed by atoms with Crippen molar-refractivity contribution in [3.63, 3.8) is 0 Å². The van der Waals surface area contributed by atoms with Crippen molar-refractivity contribution in [1.29, 1.82) is 0 Å². The molecule has 0 bridgehead atoms. The summed E-state index contributed by atoms with van der Waals surface area (Å²) in [5.41, 5.74) is 5.79. The van der Waals surface area contributed by atoms with Gasteiger partial charge in [-0.05, 0) is 63.2 Å². The van der Waals surface area contributed by atoms with Crippen LogP contribution < -0.4 is 5.32 Å². The SMILES string of the molecule is Cn1nnnc1SC[C@H]1C[C@@H](c2ccc(CO)cc2)O[C@@H](c2cccc(-c3cccc(CNC(=O)CCCCCCC(=O)O)c3)c2)O1. The number of thioether (sulfide) groups is 1. The minimum absolute atomic E-state index is 0.00839. The van der Waals surface area contributed by atoms with Gasteiger partial charge in [0.2, 0.25) is 11.1 Å². The van der Waals surface area contributed by atoms with Gasteiger partial charge in [-0.1, -0.05) is 85.3 Å². The lowest BCUT2D eigenvalue weighted by molar-refractivity contribution is -0.245. The van der Waals surface area contributed by atoms with Crippen molar-refractivity contribution in [2.45, 2.75) is 81.8 Å². The van der Waals surface area contributed by atoms with E-state index in [0.717, 1.165) is 52.6 Å². The molecular formula is C35H41N5O6S. The molecule has 0 spiro atoms. The second kappa shape index (κ2) is 17.2. The topological polar surface area (TPSA) is 149 Å². The van der Waals surface area contributed by atoms with Gasteiger partial charge in [0.15, 0.2) is 6.29 Å². The number of rotatable bonds is 16. The van der Waals surface area contributed by atoms with Crippen molar-refractivity contribution in [2.75, 3.05) is 5.75 Å². The number of aliphatic hydroxyl groups is 1. The molecule has 3 N–H and O–H groups in total. The minimum Gasteiger partial charge on any atom is -0.481 e. The molecule has 2 heterocycles. The van der Waals surface area contributed by atoms with E-state index in [9.17, 15) is 14.7 Å². The maximum absolute atomic E-state index is 12.4. The Morgan fingerprint density at radius 1 is 0.915 bits per heavy atom. The molecule has 1 amide bonds. The first-order chi connectivity index (χ1) is 22.9. The van der Waals surface area contributed by atoms with Crippen LogP contribution in [-0.2, 0) is 39.3 Å². The molecule has 12 heteroatoms. The molecule has 0 aliphatic carbocycles. The second-order valence-corrected chi connectivity index (χ2v) is 12.6. The van der Waals surface area contributed by atoms with Gasteiger partial charge in [0.05, 0.1) is 18.8 Å². The summed E-state index contributed by atoms with van der Waals surface area (Å²) in [6, 6.07) is 24.1. The third kappa shape index (κ3) is 10.2. The molecule has 1 fully saturated rings. The first-order valence-electron chi connectivity index (χ1n) is 15.9. The lowest BCUT2D eigenvalue weighted by Gasteiger charge is -2.36.